The Hall–Kier alpha value is -1.19. The second-order valence-electron chi connectivity index (χ2n) is 7.08. The molecule has 2 nitrogen and oxygen atoms in total. The van der Waals surface area contributed by atoms with Crippen molar-refractivity contribution in [3.05, 3.63) is 34.2 Å². The summed E-state index contributed by atoms with van der Waals surface area (Å²) in [5.41, 5.74) is 1.20. The number of carbonyl (C=O) groups is 2. The predicted octanol–water partition coefficient (Wildman–Crippen LogP) is 6.23. The van der Waals surface area contributed by atoms with E-state index in [1.807, 2.05) is 11.4 Å². The third-order valence-electron chi connectivity index (χ3n) is 5.40. The van der Waals surface area contributed by atoms with E-state index >= 15 is 0 Å². The molecule has 0 radical (unpaired) electrons. The second kappa shape index (κ2) is 8.46. The van der Waals surface area contributed by atoms with Crippen LogP contribution in [0.5, 0.6) is 0 Å². The minimum Gasteiger partial charge on any atom is -0.299 e. The fourth-order valence-corrected chi connectivity index (χ4v) is 5.31. The average molecular weight is 377 g/mol. The fraction of sp³-hybridized carbons (Fsp3) is 0.524. The first-order chi connectivity index (χ1) is 12.1. The number of fused-ring (bicyclic) bond motifs is 1. The van der Waals surface area contributed by atoms with Gasteiger partial charge in [0.25, 0.3) is 0 Å². The lowest BCUT2D eigenvalue weighted by molar-refractivity contribution is -0.123. The predicted molar refractivity (Wildman–Crippen MR) is 106 cm³/mol. The molecule has 2 atom stereocenters. The van der Waals surface area contributed by atoms with Gasteiger partial charge in [0.15, 0.2) is 0 Å². The molecule has 2 aromatic rings. The molecule has 1 aromatic heterocycles. The van der Waals surface area contributed by atoms with Crippen LogP contribution in [0.3, 0.4) is 0 Å². The summed E-state index contributed by atoms with van der Waals surface area (Å²) in [4.78, 5) is 24.6. The van der Waals surface area contributed by atoms with E-state index in [9.17, 15) is 9.59 Å². The molecule has 1 heterocycles. The van der Waals surface area contributed by atoms with E-state index in [-0.39, 0.29) is 29.8 Å². The Morgan fingerprint density at radius 3 is 2.60 bits per heavy atom. The Morgan fingerprint density at radius 2 is 1.84 bits per heavy atom. The largest absolute Gasteiger partial charge is 0.299 e. The molecular weight excluding hydrogens is 352 g/mol. The minimum absolute atomic E-state index is 0.0542. The van der Waals surface area contributed by atoms with Gasteiger partial charge in [-0.2, -0.15) is 0 Å². The SMILES string of the molecule is CCCCCC[C@H]1C(=O)CC(=O)[C@@H]1CCc1cccc2scc(Cl)c12. The van der Waals surface area contributed by atoms with Crippen molar-refractivity contribution >= 4 is 44.6 Å². The molecule has 134 valence electrons. The zero-order chi connectivity index (χ0) is 17.8. The lowest BCUT2D eigenvalue weighted by Gasteiger charge is -2.17. The van der Waals surface area contributed by atoms with Gasteiger partial charge in [0, 0.05) is 27.3 Å². The highest BCUT2D eigenvalue weighted by atomic mass is 35.5. The molecule has 3 rings (SSSR count). The van der Waals surface area contributed by atoms with Gasteiger partial charge in [0.2, 0.25) is 0 Å². The molecule has 0 bridgehead atoms. The number of hydrogen-bond acceptors (Lipinski definition) is 3. The Labute approximate surface area is 158 Å². The number of aryl methyl sites for hydroxylation is 1. The molecule has 1 aliphatic carbocycles. The normalized spacial score (nSPS) is 20.7. The molecular formula is C21H25ClO2S. The molecule has 0 unspecified atom stereocenters. The van der Waals surface area contributed by atoms with Gasteiger partial charge in [-0.15, -0.1) is 11.3 Å². The monoisotopic (exact) mass is 376 g/mol. The van der Waals surface area contributed by atoms with Crippen LogP contribution < -0.4 is 0 Å². The number of ketones is 2. The van der Waals surface area contributed by atoms with Crippen molar-refractivity contribution in [3.8, 4) is 0 Å². The number of halogens is 1. The van der Waals surface area contributed by atoms with Crippen LogP contribution in [0.25, 0.3) is 10.1 Å². The van der Waals surface area contributed by atoms with Crippen molar-refractivity contribution in [2.45, 2.75) is 58.3 Å². The van der Waals surface area contributed by atoms with Gasteiger partial charge in [0.05, 0.1) is 11.4 Å². The summed E-state index contributed by atoms with van der Waals surface area (Å²) >= 11 is 7.99. The maximum absolute atomic E-state index is 12.3. The molecule has 0 amide bonds. The lowest BCUT2D eigenvalue weighted by atomic mass is 9.85. The van der Waals surface area contributed by atoms with Crippen LogP contribution in [0.15, 0.2) is 23.6 Å². The summed E-state index contributed by atoms with van der Waals surface area (Å²) < 4.78 is 1.19. The van der Waals surface area contributed by atoms with Gasteiger partial charge in [-0.1, -0.05) is 56.3 Å². The molecule has 1 aromatic carbocycles. The number of benzene rings is 1. The summed E-state index contributed by atoms with van der Waals surface area (Å²) in [5.74, 6) is 0.163. The van der Waals surface area contributed by atoms with E-state index in [1.165, 1.54) is 23.1 Å². The maximum Gasteiger partial charge on any atom is 0.144 e. The number of Topliss-reactive ketones (excluding diaryl/α,β-unsaturated/α-hetero) is 2. The summed E-state index contributed by atoms with van der Waals surface area (Å²) in [6.45, 7) is 2.18. The smallest absolute Gasteiger partial charge is 0.144 e. The van der Waals surface area contributed by atoms with Gasteiger partial charge in [-0.05, 0) is 30.9 Å². The quantitative estimate of drug-likeness (QED) is 0.404. The molecule has 0 spiro atoms. The highest BCUT2D eigenvalue weighted by Crippen LogP contribution is 2.36. The van der Waals surface area contributed by atoms with Crippen molar-refractivity contribution in [2.24, 2.45) is 11.8 Å². The third-order valence-corrected chi connectivity index (χ3v) is 6.77. The Morgan fingerprint density at radius 1 is 1.08 bits per heavy atom. The standard InChI is InChI=1S/C21H25ClO2S/c1-2-3-4-5-8-15-16(19(24)12-18(15)23)11-10-14-7-6-9-20-21(14)17(22)13-25-20/h6-7,9,13,15-16H,2-5,8,10-12H2,1H3/t15-,16-/m1/s1. The van der Waals surface area contributed by atoms with Crippen molar-refractivity contribution in [3.63, 3.8) is 0 Å². The molecule has 0 aliphatic heterocycles. The van der Waals surface area contributed by atoms with Gasteiger partial charge in [0.1, 0.15) is 11.6 Å². The first-order valence-electron chi connectivity index (χ1n) is 9.31. The second-order valence-corrected chi connectivity index (χ2v) is 8.40. The number of thiophene rings is 1. The fourth-order valence-electron chi connectivity index (χ4n) is 4.04. The van der Waals surface area contributed by atoms with Crippen molar-refractivity contribution in [2.75, 3.05) is 0 Å². The highest BCUT2D eigenvalue weighted by molar-refractivity contribution is 7.17. The molecule has 25 heavy (non-hydrogen) atoms. The van der Waals surface area contributed by atoms with Gasteiger partial charge >= 0.3 is 0 Å². The third kappa shape index (κ3) is 4.15. The topological polar surface area (TPSA) is 34.1 Å². The minimum atomic E-state index is -0.0956. The number of unbranched alkanes of at least 4 members (excludes halogenated alkanes) is 3. The molecule has 4 heteroatoms. The van der Waals surface area contributed by atoms with Gasteiger partial charge in [-0.3, -0.25) is 9.59 Å². The van der Waals surface area contributed by atoms with Crippen LogP contribution in [0.2, 0.25) is 5.02 Å². The number of carbonyl (C=O) groups excluding carboxylic acids is 2. The van der Waals surface area contributed by atoms with Gasteiger partial charge < -0.3 is 0 Å². The van der Waals surface area contributed by atoms with E-state index < -0.39 is 0 Å². The Bertz CT molecular complexity index is 764. The van der Waals surface area contributed by atoms with Crippen LogP contribution in [-0.4, -0.2) is 11.6 Å². The Balaban J connectivity index is 1.68. The molecule has 1 aliphatic rings. The van der Waals surface area contributed by atoms with Crippen LogP contribution >= 0.6 is 22.9 Å². The number of hydrogen-bond donors (Lipinski definition) is 0. The van der Waals surface area contributed by atoms with Crippen LogP contribution in [-0.2, 0) is 16.0 Å². The van der Waals surface area contributed by atoms with Crippen molar-refractivity contribution in [1.29, 1.82) is 0 Å². The first kappa shape index (κ1) is 18.6. The molecule has 1 saturated carbocycles. The molecule has 1 fully saturated rings. The summed E-state index contributed by atoms with van der Waals surface area (Å²) in [5, 5.41) is 3.88. The van der Waals surface area contributed by atoms with Crippen LogP contribution in [0, 0.1) is 11.8 Å². The van der Waals surface area contributed by atoms with Crippen molar-refractivity contribution < 1.29 is 9.59 Å². The first-order valence-corrected chi connectivity index (χ1v) is 10.6. The van der Waals surface area contributed by atoms with E-state index in [0.29, 0.717) is 0 Å². The summed E-state index contributed by atoms with van der Waals surface area (Å²) in [6.07, 6.45) is 7.19. The number of rotatable bonds is 8. The highest BCUT2D eigenvalue weighted by Gasteiger charge is 2.40. The summed E-state index contributed by atoms with van der Waals surface area (Å²) in [7, 11) is 0. The molecule has 0 N–H and O–H groups in total. The zero-order valence-electron chi connectivity index (χ0n) is 14.7. The lowest BCUT2D eigenvalue weighted by Crippen LogP contribution is -2.18. The van der Waals surface area contributed by atoms with Crippen LogP contribution in [0.1, 0.15) is 57.4 Å². The van der Waals surface area contributed by atoms with Crippen LogP contribution in [0.4, 0.5) is 0 Å². The maximum atomic E-state index is 12.3. The molecule has 0 saturated heterocycles. The Kier molecular flexibility index (Phi) is 6.29. The van der Waals surface area contributed by atoms with E-state index in [0.717, 1.165) is 42.5 Å². The summed E-state index contributed by atoms with van der Waals surface area (Å²) in [6, 6.07) is 6.23. The van der Waals surface area contributed by atoms with Gasteiger partial charge in [-0.25, -0.2) is 0 Å². The van der Waals surface area contributed by atoms with E-state index in [2.05, 4.69) is 19.1 Å². The van der Waals surface area contributed by atoms with Crippen molar-refractivity contribution in [1.82, 2.24) is 0 Å². The van der Waals surface area contributed by atoms with E-state index in [1.54, 1.807) is 11.3 Å². The van der Waals surface area contributed by atoms with E-state index in [4.69, 9.17) is 11.6 Å². The average Bonchev–Trinajstić information content (AvgIpc) is 3.10. The zero-order valence-corrected chi connectivity index (χ0v) is 16.3.